The molecule has 0 aliphatic rings. The molecule has 0 bridgehead atoms. The zero-order chi connectivity index (χ0) is 13.9. The number of aryl methyl sites for hydroxylation is 1. The Morgan fingerprint density at radius 2 is 1.70 bits per heavy atom. The molecule has 0 unspecified atom stereocenters. The number of hydrogen-bond acceptors (Lipinski definition) is 3. The van der Waals surface area contributed by atoms with Gasteiger partial charge in [-0.15, -0.1) is 11.3 Å². The van der Waals surface area contributed by atoms with Crippen molar-refractivity contribution in [1.29, 1.82) is 0 Å². The lowest BCUT2D eigenvalue weighted by Gasteiger charge is -2.10. The molecule has 0 spiro atoms. The molecule has 2 nitrogen and oxygen atoms in total. The summed E-state index contributed by atoms with van der Waals surface area (Å²) in [6.45, 7) is 2.78. The zero-order valence-corrected chi connectivity index (χ0v) is 12.2. The van der Waals surface area contributed by atoms with E-state index in [1.165, 1.54) is 9.75 Å². The lowest BCUT2D eigenvalue weighted by atomic mass is 10.1. The Kier molecular flexibility index (Phi) is 3.61. The maximum atomic E-state index is 6.00. The number of anilines is 1. The average molecular weight is 283 g/mol. The van der Waals surface area contributed by atoms with Gasteiger partial charge < -0.3 is 10.5 Å². The summed E-state index contributed by atoms with van der Waals surface area (Å²) in [5.41, 5.74) is 6.79. The van der Waals surface area contributed by atoms with Crippen molar-refractivity contribution < 1.29 is 4.74 Å². The van der Waals surface area contributed by atoms with Gasteiger partial charge in [-0.3, -0.25) is 0 Å². The minimum Gasteiger partial charge on any atom is -0.487 e. The number of fused-ring (bicyclic) bond motifs is 1. The highest BCUT2D eigenvalue weighted by Crippen LogP contribution is 2.30. The summed E-state index contributed by atoms with van der Waals surface area (Å²) in [4.78, 5) is 2.65. The SMILES string of the molecule is CCc1ccc(COc2ccc(N)c3ccccc23)s1. The van der Waals surface area contributed by atoms with Crippen molar-refractivity contribution in [3.05, 3.63) is 58.3 Å². The van der Waals surface area contributed by atoms with Crippen LogP contribution in [0.2, 0.25) is 0 Å². The van der Waals surface area contributed by atoms with Crippen molar-refractivity contribution in [2.75, 3.05) is 5.73 Å². The monoisotopic (exact) mass is 283 g/mol. The van der Waals surface area contributed by atoms with Gasteiger partial charge in [-0.2, -0.15) is 0 Å². The molecule has 0 radical (unpaired) electrons. The van der Waals surface area contributed by atoms with E-state index < -0.39 is 0 Å². The molecular weight excluding hydrogens is 266 g/mol. The van der Waals surface area contributed by atoms with E-state index in [9.17, 15) is 0 Å². The van der Waals surface area contributed by atoms with Crippen LogP contribution in [0, 0.1) is 0 Å². The number of ether oxygens (including phenoxy) is 1. The molecule has 0 aliphatic heterocycles. The standard InChI is InChI=1S/C17H17NOS/c1-2-12-7-8-13(20-12)11-19-17-10-9-16(18)14-5-3-4-6-15(14)17/h3-10H,2,11,18H2,1H3. The van der Waals surface area contributed by atoms with Crippen LogP contribution in [0.3, 0.4) is 0 Å². The number of rotatable bonds is 4. The van der Waals surface area contributed by atoms with Crippen molar-refractivity contribution in [3.8, 4) is 5.75 Å². The average Bonchev–Trinajstić information content (AvgIpc) is 2.95. The molecule has 1 heterocycles. The van der Waals surface area contributed by atoms with Crippen LogP contribution in [0.5, 0.6) is 5.75 Å². The predicted octanol–water partition coefficient (Wildman–Crippen LogP) is 4.62. The van der Waals surface area contributed by atoms with E-state index in [0.29, 0.717) is 6.61 Å². The first-order chi connectivity index (χ1) is 9.78. The summed E-state index contributed by atoms with van der Waals surface area (Å²) >= 11 is 1.81. The molecule has 3 rings (SSSR count). The predicted molar refractivity (Wildman–Crippen MR) is 86.4 cm³/mol. The van der Waals surface area contributed by atoms with Crippen LogP contribution < -0.4 is 10.5 Å². The Morgan fingerprint density at radius 1 is 0.950 bits per heavy atom. The molecule has 2 N–H and O–H groups in total. The third-order valence-corrected chi connectivity index (χ3v) is 4.56. The molecule has 0 atom stereocenters. The van der Waals surface area contributed by atoms with Crippen LogP contribution in [0.25, 0.3) is 10.8 Å². The van der Waals surface area contributed by atoms with Crippen LogP contribution in [-0.2, 0) is 13.0 Å². The third kappa shape index (κ3) is 2.49. The molecule has 102 valence electrons. The quantitative estimate of drug-likeness (QED) is 0.709. The summed E-state index contributed by atoms with van der Waals surface area (Å²) in [5, 5.41) is 2.12. The maximum Gasteiger partial charge on any atom is 0.127 e. The Balaban J connectivity index is 1.86. The highest BCUT2D eigenvalue weighted by Gasteiger charge is 2.06. The summed E-state index contributed by atoms with van der Waals surface area (Å²) in [6, 6.07) is 16.2. The van der Waals surface area contributed by atoms with E-state index in [1.54, 1.807) is 0 Å². The molecule has 0 aliphatic carbocycles. The number of benzene rings is 2. The fourth-order valence-electron chi connectivity index (χ4n) is 2.26. The Morgan fingerprint density at radius 3 is 2.45 bits per heavy atom. The second kappa shape index (κ2) is 5.55. The Bertz CT molecular complexity index is 733. The number of nitrogens with two attached hydrogens (primary N) is 1. The van der Waals surface area contributed by atoms with E-state index in [1.807, 2.05) is 47.7 Å². The van der Waals surface area contributed by atoms with Crippen molar-refractivity contribution in [2.24, 2.45) is 0 Å². The fraction of sp³-hybridized carbons (Fsp3) is 0.176. The summed E-state index contributed by atoms with van der Waals surface area (Å²) in [7, 11) is 0. The maximum absolute atomic E-state index is 6.00. The van der Waals surface area contributed by atoms with E-state index in [0.717, 1.165) is 28.6 Å². The molecule has 1 aromatic heterocycles. The fourth-order valence-corrected chi connectivity index (χ4v) is 3.13. The van der Waals surface area contributed by atoms with Gasteiger partial charge in [0, 0.05) is 26.2 Å². The van der Waals surface area contributed by atoms with Gasteiger partial charge >= 0.3 is 0 Å². The van der Waals surface area contributed by atoms with Gasteiger partial charge in [0.15, 0.2) is 0 Å². The normalized spacial score (nSPS) is 10.8. The van der Waals surface area contributed by atoms with E-state index in [-0.39, 0.29) is 0 Å². The first-order valence-corrected chi connectivity index (χ1v) is 7.57. The van der Waals surface area contributed by atoms with Gasteiger partial charge in [-0.1, -0.05) is 31.2 Å². The molecule has 0 amide bonds. The minimum atomic E-state index is 0.610. The number of nitrogen functional groups attached to an aromatic ring is 1. The lowest BCUT2D eigenvalue weighted by Crippen LogP contribution is -1.95. The highest BCUT2D eigenvalue weighted by atomic mass is 32.1. The first-order valence-electron chi connectivity index (χ1n) is 6.75. The van der Waals surface area contributed by atoms with E-state index >= 15 is 0 Å². The van der Waals surface area contributed by atoms with Gasteiger partial charge in [-0.05, 0) is 30.7 Å². The van der Waals surface area contributed by atoms with Gasteiger partial charge in [-0.25, -0.2) is 0 Å². The van der Waals surface area contributed by atoms with Crippen LogP contribution in [-0.4, -0.2) is 0 Å². The molecule has 0 saturated heterocycles. The van der Waals surface area contributed by atoms with Gasteiger partial charge in [0.2, 0.25) is 0 Å². The van der Waals surface area contributed by atoms with Crippen molar-refractivity contribution in [1.82, 2.24) is 0 Å². The molecule has 2 aromatic carbocycles. The second-order valence-electron chi connectivity index (χ2n) is 4.71. The molecule has 3 aromatic rings. The summed E-state index contributed by atoms with van der Waals surface area (Å²) in [5.74, 6) is 0.890. The van der Waals surface area contributed by atoms with Crippen LogP contribution in [0.15, 0.2) is 48.5 Å². The Hall–Kier alpha value is -2.00. The Labute approximate surface area is 122 Å². The number of thiophene rings is 1. The van der Waals surface area contributed by atoms with Gasteiger partial charge in [0.1, 0.15) is 12.4 Å². The van der Waals surface area contributed by atoms with Crippen molar-refractivity contribution in [3.63, 3.8) is 0 Å². The molecule has 20 heavy (non-hydrogen) atoms. The van der Waals surface area contributed by atoms with Crippen LogP contribution >= 0.6 is 11.3 Å². The van der Waals surface area contributed by atoms with Crippen LogP contribution in [0.1, 0.15) is 16.7 Å². The molecule has 0 fully saturated rings. The smallest absolute Gasteiger partial charge is 0.127 e. The van der Waals surface area contributed by atoms with Gasteiger partial charge in [0.25, 0.3) is 0 Å². The molecular formula is C17H17NOS. The highest BCUT2D eigenvalue weighted by molar-refractivity contribution is 7.11. The topological polar surface area (TPSA) is 35.2 Å². The second-order valence-corrected chi connectivity index (χ2v) is 5.96. The van der Waals surface area contributed by atoms with Gasteiger partial charge in [0.05, 0.1) is 0 Å². The number of hydrogen-bond donors (Lipinski definition) is 1. The molecule has 3 heteroatoms. The first kappa shape index (κ1) is 13.0. The van der Waals surface area contributed by atoms with Crippen molar-refractivity contribution in [2.45, 2.75) is 20.0 Å². The summed E-state index contributed by atoms with van der Waals surface area (Å²) in [6.07, 6.45) is 1.08. The van der Waals surface area contributed by atoms with E-state index in [4.69, 9.17) is 10.5 Å². The third-order valence-electron chi connectivity index (χ3n) is 3.35. The summed E-state index contributed by atoms with van der Waals surface area (Å²) < 4.78 is 5.97. The van der Waals surface area contributed by atoms with E-state index in [2.05, 4.69) is 19.1 Å². The zero-order valence-electron chi connectivity index (χ0n) is 11.4. The largest absolute Gasteiger partial charge is 0.487 e. The minimum absolute atomic E-state index is 0.610. The molecule has 0 saturated carbocycles. The van der Waals surface area contributed by atoms with Crippen LogP contribution in [0.4, 0.5) is 5.69 Å². The van der Waals surface area contributed by atoms with Crippen molar-refractivity contribution >= 4 is 27.8 Å². The lowest BCUT2D eigenvalue weighted by molar-refractivity contribution is 0.314.